The molecule has 0 atom stereocenters. The van der Waals surface area contributed by atoms with E-state index in [1.807, 2.05) is 24.3 Å². The van der Waals surface area contributed by atoms with Gasteiger partial charge in [0.2, 0.25) is 0 Å². The highest BCUT2D eigenvalue weighted by atomic mass is 35.5. The van der Waals surface area contributed by atoms with Crippen LogP contribution in [0.2, 0.25) is 5.02 Å². The Hall–Kier alpha value is -3.06. The molecule has 1 saturated heterocycles. The Kier molecular flexibility index (Phi) is 5.32. The van der Waals surface area contributed by atoms with Gasteiger partial charge in [0.05, 0.1) is 5.02 Å². The first kappa shape index (κ1) is 18.7. The molecule has 1 aliphatic heterocycles. The quantitative estimate of drug-likeness (QED) is 0.523. The molecule has 0 radical (unpaired) electrons. The van der Waals surface area contributed by atoms with Gasteiger partial charge in [-0.25, -0.2) is 4.79 Å². The molecule has 1 heterocycles. The van der Waals surface area contributed by atoms with Gasteiger partial charge in [0.25, 0.3) is 0 Å². The van der Waals surface area contributed by atoms with Crippen molar-refractivity contribution >= 4 is 40.8 Å². The molecule has 0 spiro atoms. The highest BCUT2D eigenvalue weighted by molar-refractivity contribution is 6.34. The van der Waals surface area contributed by atoms with Crippen molar-refractivity contribution in [1.29, 1.82) is 5.41 Å². The van der Waals surface area contributed by atoms with Crippen molar-refractivity contribution in [2.24, 2.45) is 5.73 Å². The largest absolute Gasteiger partial charge is 0.481 e. The maximum Gasteiger partial charge on any atom is 0.329 e. The number of amides is 2. The van der Waals surface area contributed by atoms with Gasteiger partial charge in [-0.15, -0.1) is 0 Å². The molecule has 0 bridgehead atoms. The van der Waals surface area contributed by atoms with Crippen LogP contribution in [-0.4, -0.2) is 36.0 Å². The van der Waals surface area contributed by atoms with E-state index in [-0.39, 0.29) is 18.3 Å². The minimum atomic E-state index is -0.834. The molecule has 2 amide bonds. The summed E-state index contributed by atoms with van der Waals surface area (Å²) in [6.07, 6.45) is 0.531. The summed E-state index contributed by atoms with van der Waals surface area (Å²) >= 11 is 6.16. The number of carboxylic acid groups (broad SMARTS) is 1. The first-order valence-electron chi connectivity index (χ1n) is 8.40. The normalized spacial score (nSPS) is 13.9. The van der Waals surface area contributed by atoms with Crippen LogP contribution < -0.4 is 15.5 Å². The molecule has 7 nitrogen and oxygen atoms in total. The first-order chi connectivity index (χ1) is 12.9. The summed E-state index contributed by atoms with van der Waals surface area (Å²) in [5, 5.41) is 16.6. The number of nitrogen functional groups attached to an aromatic ring is 1. The number of nitrogens with one attached hydrogen (secondary N) is 1. The number of hydrogen-bond donors (Lipinski definition) is 3. The van der Waals surface area contributed by atoms with E-state index < -0.39 is 5.97 Å². The average Bonchev–Trinajstić information content (AvgIpc) is 3.01. The maximum absolute atomic E-state index is 12.8. The third-order valence-corrected chi connectivity index (χ3v) is 4.75. The van der Waals surface area contributed by atoms with Crippen molar-refractivity contribution in [2.75, 3.05) is 22.9 Å². The van der Waals surface area contributed by atoms with E-state index in [0.29, 0.717) is 35.8 Å². The van der Waals surface area contributed by atoms with Gasteiger partial charge in [-0.2, -0.15) is 0 Å². The number of hydrogen-bond acceptors (Lipinski definition) is 3. The van der Waals surface area contributed by atoms with E-state index in [0.717, 1.165) is 11.3 Å². The molecular weight excluding hydrogens is 368 g/mol. The van der Waals surface area contributed by atoms with Gasteiger partial charge in [-0.05, 0) is 42.3 Å². The molecule has 0 aromatic heterocycles. The highest BCUT2D eigenvalue weighted by Crippen LogP contribution is 2.28. The van der Waals surface area contributed by atoms with Crippen molar-refractivity contribution in [3.63, 3.8) is 0 Å². The highest BCUT2D eigenvalue weighted by Gasteiger charge is 2.31. The lowest BCUT2D eigenvalue weighted by Crippen LogP contribution is -2.31. The summed E-state index contributed by atoms with van der Waals surface area (Å²) in [7, 11) is 0. The van der Waals surface area contributed by atoms with Gasteiger partial charge in [0, 0.05) is 36.4 Å². The lowest BCUT2D eigenvalue weighted by Gasteiger charge is -2.19. The SMILES string of the molecule is N=C(N)c1ccc(N2CCN(c3ccc(CCC(=O)O)cc3)C2=O)cc1Cl. The Balaban J connectivity index is 1.74. The van der Waals surface area contributed by atoms with Crippen LogP contribution in [-0.2, 0) is 11.2 Å². The van der Waals surface area contributed by atoms with Crippen molar-refractivity contribution in [3.05, 3.63) is 58.6 Å². The van der Waals surface area contributed by atoms with E-state index >= 15 is 0 Å². The number of rotatable bonds is 6. The van der Waals surface area contributed by atoms with Crippen molar-refractivity contribution in [2.45, 2.75) is 12.8 Å². The minimum Gasteiger partial charge on any atom is -0.481 e. The minimum absolute atomic E-state index is 0.0762. The van der Waals surface area contributed by atoms with E-state index in [4.69, 9.17) is 27.9 Å². The van der Waals surface area contributed by atoms with Gasteiger partial charge in [-0.3, -0.25) is 20.0 Å². The second-order valence-corrected chi connectivity index (χ2v) is 6.63. The molecule has 0 saturated carbocycles. The monoisotopic (exact) mass is 386 g/mol. The predicted molar refractivity (Wildman–Crippen MR) is 105 cm³/mol. The zero-order valence-corrected chi connectivity index (χ0v) is 15.2. The van der Waals surface area contributed by atoms with Crippen molar-refractivity contribution in [3.8, 4) is 0 Å². The van der Waals surface area contributed by atoms with Crippen molar-refractivity contribution < 1.29 is 14.7 Å². The number of aliphatic carboxylic acids is 1. The van der Waals surface area contributed by atoms with E-state index in [1.165, 1.54) is 0 Å². The Morgan fingerprint density at radius 3 is 2.26 bits per heavy atom. The number of aryl methyl sites for hydroxylation is 1. The number of nitrogens with two attached hydrogens (primary N) is 1. The fourth-order valence-electron chi connectivity index (χ4n) is 3.00. The predicted octanol–water partition coefficient (Wildman–Crippen LogP) is 3.09. The van der Waals surface area contributed by atoms with E-state index in [9.17, 15) is 9.59 Å². The molecule has 1 fully saturated rings. The summed E-state index contributed by atoms with van der Waals surface area (Å²) in [4.78, 5) is 26.7. The number of carbonyl (C=O) groups excluding carboxylic acids is 1. The third-order valence-electron chi connectivity index (χ3n) is 4.44. The molecule has 4 N–H and O–H groups in total. The Morgan fingerprint density at radius 1 is 1.11 bits per heavy atom. The smallest absolute Gasteiger partial charge is 0.329 e. The fourth-order valence-corrected chi connectivity index (χ4v) is 3.28. The number of carboxylic acids is 1. The van der Waals surface area contributed by atoms with Crippen LogP contribution >= 0.6 is 11.6 Å². The molecule has 8 heteroatoms. The van der Waals surface area contributed by atoms with Crippen LogP contribution in [0.5, 0.6) is 0 Å². The Bertz CT molecular complexity index is 898. The number of anilines is 2. The van der Waals surface area contributed by atoms with Crippen LogP contribution in [0.1, 0.15) is 17.5 Å². The molecule has 0 aliphatic carbocycles. The molecule has 1 aliphatic rings. The summed E-state index contributed by atoms with van der Waals surface area (Å²) in [6.45, 7) is 1.04. The third kappa shape index (κ3) is 4.03. The molecular formula is C19H19ClN4O3. The summed E-state index contributed by atoms with van der Waals surface area (Å²) < 4.78 is 0. The Morgan fingerprint density at radius 2 is 1.70 bits per heavy atom. The summed E-state index contributed by atoms with van der Waals surface area (Å²) in [5.74, 6) is -0.956. The first-order valence-corrected chi connectivity index (χ1v) is 8.78. The lowest BCUT2D eigenvalue weighted by atomic mass is 10.1. The topological polar surface area (TPSA) is 111 Å². The van der Waals surface area contributed by atoms with Gasteiger partial charge in [-0.1, -0.05) is 23.7 Å². The van der Waals surface area contributed by atoms with Gasteiger partial charge in [0.1, 0.15) is 5.84 Å². The van der Waals surface area contributed by atoms with Crippen LogP contribution in [0.25, 0.3) is 0 Å². The molecule has 140 valence electrons. The van der Waals surface area contributed by atoms with Crippen LogP contribution in [0.3, 0.4) is 0 Å². The summed E-state index contributed by atoms with van der Waals surface area (Å²) in [5.41, 5.74) is 8.22. The average molecular weight is 387 g/mol. The number of carbonyl (C=O) groups is 2. The number of amidine groups is 1. The van der Waals surface area contributed by atoms with Gasteiger partial charge in [0.15, 0.2) is 0 Å². The zero-order valence-electron chi connectivity index (χ0n) is 14.5. The van der Waals surface area contributed by atoms with E-state index in [1.54, 1.807) is 28.0 Å². The number of benzene rings is 2. The standard InChI is InChI=1S/C19H19ClN4O3/c20-16-11-14(6-7-15(16)18(21)22)24-10-9-23(19(24)27)13-4-1-12(2-5-13)3-8-17(25)26/h1-2,4-7,11H,3,8-10H2,(H3,21,22)(H,25,26). The van der Waals surface area contributed by atoms with Crippen LogP contribution in [0, 0.1) is 5.41 Å². The number of halogens is 1. The number of urea groups is 1. The molecule has 3 rings (SSSR count). The van der Waals surface area contributed by atoms with Crippen molar-refractivity contribution in [1.82, 2.24) is 0 Å². The Labute approximate surface area is 161 Å². The van der Waals surface area contributed by atoms with Gasteiger partial charge < -0.3 is 10.8 Å². The molecule has 2 aromatic carbocycles. The fraction of sp³-hybridized carbons (Fsp3) is 0.211. The number of nitrogens with zero attached hydrogens (tertiary/aromatic N) is 2. The molecule has 27 heavy (non-hydrogen) atoms. The van der Waals surface area contributed by atoms with Crippen LogP contribution in [0.4, 0.5) is 16.2 Å². The molecule has 2 aromatic rings. The second-order valence-electron chi connectivity index (χ2n) is 6.22. The molecule has 0 unspecified atom stereocenters. The second kappa shape index (κ2) is 7.67. The summed E-state index contributed by atoms with van der Waals surface area (Å²) in [6, 6.07) is 12.1. The maximum atomic E-state index is 12.8. The zero-order chi connectivity index (χ0) is 19.6. The van der Waals surface area contributed by atoms with Crippen LogP contribution in [0.15, 0.2) is 42.5 Å². The lowest BCUT2D eigenvalue weighted by molar-refractivity contribution is -0.136. The van der Waals surface area contributed by atoms with Gasteiger partial charge >= 0.3 is 12.0 Å². The van der Waals surface area contributed by atoms with E-state index in [2.05, 4.69) is 0 Å².